The zero-order valence-corrected chi connectivity index (χ0v) is 17.1. The molecule has 1 N–H and O–H groups in total. The molecule has 1 saturated heterocycles. The van der Waals surface area contributed by atoms with Crippen LogP contribution < -0.4 is 5.32 Å². The van der Waals surface area contributed by atoms with Crippen LogP contribution in [0.5, 0.6) is 0 Å². The highest BCUT2D eigenvalue weighted by atomic mass is 35.5. The van der Waals surface area contributed by atoms with E-state index in [9.17, 15) is 4.79 Å². The lowest BCUT2D eigenvalue weighted by molar-refractivity contribution is -0.124. The third-order valence-electron chi connectivity index (χ3n) is 5.68. The number of carbonyl (C=O) groups is 1. The summed E-state index contributed by atoms with van der Waals surface area (Å²) in [7, 11) is 0. The standard InChI is InChI=1S/C23H22Cl2N2O/c24-20-9-8-17(15-21(20)25)5-3-4-12-27-13-10-23(11-14-27)19-7-2-1-6-18(19)16-22(28)26-23/h1-2,6-9,15H,4,10-14,16H2,(H,26,28). The second-order valence-corrected chi connectivity index (χ2v) is 8.30. The molecule has 2 aromatic rings. The smallest absolute Gasteiger partial charge is 0.225 e. The summed E-state index contributed by atoms with van der Waals surface area (Å²) in [5.41, 5.74) is 3.16. The minimum Gasteiger partial charge on any atom is -0.346 e. The predicted octanol–water partition coefficient (Wildman–Crippen LogP) is 4.40. The normalized spacial score (nSPS) is 18.1. The van der Waals surface area contributed by atoms with Crippen LogP contribution in [0.15, 0.2) is 42.5 Å². The minimum absolute atomic E-state index is 0.139. The first-order valence-electron chi connectivity index (χ1n) is 9.61. The Morgan fingerprint density at radius 2 is 1.86 bits per heavy atom. The number of hydrogen-bond donors (Lipinski definition) is 1. The highest BCUT2D eigenvalue weighted by Crippen LogP contribution is 2.37. The Balaban J connectivity index is 1.35. The molecule has 0 bridgehead atoms. The van der Waals surface area contributed by atoms with Crippen molar-refractivity contribution in [2.75, 3.05) is 19.6 Å². The maximum atomic E-state index is 12.2. The maximum Gasteiger partial charge on any atom is 0.225 e. The van der Waals surface area contributed by atoms with E-state index in [1.807, 2.05) is 12.1 Å². The maximum absolute atomic E-state index is 12.2. The van der Waals surface area contributed by atoms with E-state index in [2.05, 4.69) is 40.3 Å². The molecular formula is C23H22Cl2N2O. The number of hydrogen-bond acceptors (Lipinski definition) is 2. The number of carbonyl (C=O) groups excluding carboxylic acids is 1. The van der Waals surface area contributed by atoms with E-state index in [4.69, 9.17) is 23.2 Å². The van der Waals surface area contributed by atoms with Crippen molar-refractivity contribution in [3.63, 3.8) is 0 Å². The number of likely N-dealkylation sites (tertiary alicyclic amines) is 1. The Labute approximate surface area is 176 Å². The van der Waals surface area contributed by atoms with Gasteiger partial charge in [0.05, 0.1) is 22.0 Å². The third kappa shape index (κ3) is 4.05. The molecule has 0 saturated carbocycles. The predicted molar refractivity (Wildman–Crippen MR) is 114 cm³/mol. The van der Waals surface area contributed by atoms with Gasteiger partial charge in [0.1, 0.15) is 0 Å². The van der Waals surface area contributed by atoms with Crippen LogP contribution in [0.3, 0.4) is 0 Å². The molecule has 2 heterocycles. The van der Waals surface area contributed by atoms with E-state index >= 15 is 0 Å². The van der Waals surface area contributed by atoms with E-state index in [0.29, 0.717) is 16.5 Å². The molecule has 1 spiro atoms. The summed E-state index contributed by atoms with van der Waals surface area (Å²) >= 11 is 12.0. The van der Waals surface area contributed by atoms with Gasteiger partial charge in [-0.3, -0.25) is 4.79 Å². The van der Waals surface area contributed by atoms with Gasteiger partial charge in [0, 0.05) is 31.6 Å². The van der Waals surface area contributed by atoms with Crippen molar-refractivity contribution in [3.05, 3.63) is 69.2 Å². The topological polar surface area (TPSA) is 32.3 Å². The Morgan fingerprint density at radius 3 is 2.64 bits per heavy atom. The first-order valence-corrected chi connectivity index (χ1v) is 10.4. The van der Waals surface area contributed by atoms with Crippen LogP contribution in [0.2, 0.25) is 10.0 Å². The second-order valence-electron chi connectivity index (χ2n) is 7.49. The second kappa shape index (κ2) is 8.17. The molecule has 0 aromatic heterocycles. The fourth-order valence-electron chi connectivity index (χ4n) is 4.20. The van der Waals surface area contributed by atoms with E-state index in [-0.39, 0.29) is 11.4 Å². The highest BCUT2D eigenvalue weighted by molar-refractivity contribution is 6.42. The summed E-state index contributed by atoms with van der Waals surface area (Å²) in [6.07, 6.45) is 3.17. The first kappa shape index (κ1) is 19.3. The number of rotatable bonds is 2. The monoisotopic (exact) mass is 412 g/mol. The molecule has 1 amide bonds. The molecule has 0 aliphatic carbocycles. The Bertz CT molecular complexity index is 953. The van der Waals surface area contributed by atoms with E-state index < -0.39 is 0 Å². The van der Waals surface area contributed by atoms with Crippen molar-refractivity contribution in [2.24, 2.45) is 0 Å². The SMILES string of the molecule is O=C1Cc2ccccc2C2(CCN(CCC#Cc3ccc(Cl)c(Cl)c3)CC2)N1. The minimum atomic E-state index is -0.200. The van der Waals surface area contributed by atoms with Gasteiger partial charge in [-0.15, -0.1) is 0 Å². The van der Waals surface area contributed by atoms with E-state index in [1.165, 1.54) is 11.1 Å². The molecule has 28 heavy (non-hydrogen) atoms. The number of halogens is 2. The molecule has 0 atom stereocenters. The van der Waals surface area contributed by atoms with Crippen molar-refractivity contribution >= 4 is 29.1 Å². The zero-order valence-electron chi connectivity index (χ0n) is 15.6. The molecule has 2 aromatic carbocycles. The summed E-state index contributed by atoms with van der Waals surface area (Å²) in [4.78, 5) is 14.6. The zero-order chi connectivity index (χ0) is 19.6. The van der Waals surface area contributed by atoms with Gasteiger partial charge in [-0.2, -0.15) is 0 Å². The van der Waals surface area contributed by atoms with Crippen LogP contribution in [0.4, 0.5) is 0 Å². The average molecular weight is 413 g/mol. The van der Waals surface area contributed by atoms with Crippen molar-refractivity contribution in [3.8, 4) is 11.8 Å². The summed E-state index contributed by atoms with van der Waals surface area (Å²) in [5, 5.41) is 4.37. The fourth-order valence-corrected chi connectivity index (χ4v) is 4.50. The molecule has 144 valence electrons. The molecule has 2 aliphatic heterocycles. The molecule has 1 fully saturated rings. The van der Waals surface area contributed by atoms with Crippen LogP contribution in [0.1, 0.15) is 36.0 Å². The van der Waals surface area contributed by atoms with Crippen molar-refractivity contribution in [1.82, 2.24) is 10.2 Å². The van der Waals surface area contributed by atoms with Crippen molar-refractivity contribution < 1.29 is 4.79 Å². The van der Waals surface area contributed by atoms with Gasteiger partial charge in [0.25, 0.3) is 0 Å². The molecule has 4 rings (SSSR count). The van der Waals surface area contributed by atoms with Crippen molar-refractivity contribution in [2.45, 2.75) is 31.2 Å². The van der Waals surface area contributed by atoms with Crippen LogP contribution in [-0.4, -0.2) is 30.4 Å². The average Bonchev–Trinajstić information content (AvgIpc) is 2.69. The van der Waals surface area contributed by atoms with Gasteiger partial charge in [-0.1, -0.05) is 59.3 Å². The fraction of sp³-hybridized carbons (Fsp3) is 0.348. The van der Waals surface area contributed by atoms with Gasteiger partial charge in [0.15, 0.2) is 0 Å². The quantitative estimate of drug-likeness (QED) is 0.741. The molecular weight excluding hydrogens is 391 g/mol. The first-order chi connectivity index (χ1) is 13.6. The lowest BCUT2D eigenvalue weighted by Gasteiger charge is -2.45. The molecule has 3 nitrogen and oxygen atoms in total. The number of fused-ring (bicyclic) bond motifs is 2. The summed E-state index contributed by atoms with van der Waals surface area (Å²) < 4.78 is 0. The van der Waals surface area contributed by atoms with Crippen LogP contribution in [-0.2, 0) is 16.8 Å². The largest absolute Gasteiger partial charge is 0.346 e. The van der Waals surface area contributed by atoms with Crippen LogP contribution >= 0.6 is 23.2 Å². The number of nitrogens with one attached hydrogen (secondary N) is 1. The molecule has 0 radical (unpaired) electrons. The van der Waals surface area contributed by atoms with Gasteiger partial charge < -0.3 is 10.2 Å². The number of nitrogens with zero attached hydrogens (tertiary/aromatic N) is 1. The Morgan fingerprint density at radius 1 is 1.07 bits per heavy atom. The molecule has 5 heteroatoms. The molecule has 2 aliphatic rings. The van der Waals surface area contributed by atoms with Gasteiger partial charge >= 0.3 is 0 Å². The number of benzene rings is 2. The van der Waals surface area contributed by atoms with Crippen LogP contribution in [0.25, 0.3) is 0 Å². The van der Waals surface area contributed by atoms with E-state index in [1.54, 1.807) is 12.1 Å². The van der Waals surface area contributed by atoms with Gasteiger partial charge in [-0.05, 0) is 42.2 Å². The Kier molecular flexibility index (Phi) is 5.64. The lowest BCUT2D eigenvalue weighted by atomic mass is 9.75. The third-order valence-corrected chi connectivity index (χ3v) is 6.42. The van der Waals surface area contributed by atoms with Crippen LogP contribution in [0, 0.1) is 11.8 Å². The Hall–Kier alpha value is -1.99. The lowest BCUT2D eigenvalue weighted by Crippen LogP contribution is -2.56. The van der Waals surface area contributed by atoms with Crippen molar-refractivity contribution in [1.29, 1.82) is 0 Å². The number of piperidine rings is 1. The summed E-state index contributed by atoms with van der Waals surface area (Å²) in [6, 6.07) is 13.8. The van der Waals surface area contributed by atoms with Gasteiger partial charge in [-0.25, -0.2) is 0 Å². The van der Waals surface area contributed by atoms with Gasteiger partial charge in [0.2, 0.25) is 5.91 Å². The van der Waals surface area contributed by atoms with E-state index in [0.717, 1.165) is 44.5 Å². The summed E-state index contributed by atoms with van der Waals surface area (Å²) in [6.45, 7) is 2.85. The molecule has 0 unspecified atom stereocenters. The number of amides is 1. The highest BCUT2D eigenvalue weighted by Gasteiger charge is 2.41. The summed E-state index contributed by atoms with van der Waals surface area (Å²) in [5.74, 6) is 6.52.